The largest absolute Gasteiger partial charge is 0.481 e. The Bertz CT molecular complexity index is 198. The maximum absolute atomic E-state index is 10.7. The molecular weight excluding hydrogens is 176 g/mol. The smallest absolute Gasteiger partial charge is 0.303 e. The number of aliphatic carboxylic acids is 1. The molecule has 0 spiro atoms. The van der Waals surface area contributed by atoms with Crippen LogP contribution in [0.3, 0.4) is 0 Å². The Balaban J connectivity index is 2.41. The van der Waals surface area contributed by atoms with E-state index >= 15 is 0 Å². The highest BCUT2D eigenvalue weighted by Crippen LogP contribution is 2.35. The van der Waals surface area contributed by atoms with Crippen molar-refractivity contribution in [3.8, 4) is 0 Å². The first kappa shape index (κ1) is 11.3. The molecule has 1 rings (SSSR count). The van der Waals surface area contributed by atoms with Crippen molar-refractivity contribution in [3.05, 3.63) is 12.7 Å². The molecule has 0 aromatic carbocycles. The SMILES string of the molecule is C=CCCC1CCCCC1CC(=O)O. The molecule has 14 heavy (non-hydrogen) atoms. The van der Waals surface area contributed by atoms with Gasteiger partial charge in [0.25, 0.3) is 0 Å². The van der Waals surface area contributed by atoms with Crippen molar-refractivity contribution in [2.75, 3.05) is 0 Å². The van der Waals surface area contributed by atoms with Crippen LogP contribution in [0, 0.1) is 11.8 Å². The van der Waals surface area contributed by atoms with Gasteiger partial charge in [0.1, 0.15) is 0 Å². The summed E-state index contributed by atoms with van der Waals surface area (Å²) in [5.41, 5.74) is 0. The van der Waals surface area contributed by atoms with Crippen molar-refractivity contribution in [3.63, 3.8) is 0 Å². The molecular formula is C12H20O2. The van der Waals surface area contributed by atoms with Crippen LogP contribution < -0.4 is 0 Å². The van der Waals surface area contributed by atoms with Gasteiger partial charge in [0.05, 0.1) is 0 Å². The molecule has 2 nitrogen and oxygen atoms in total. The van der Waals surface area contributed by atoms with Crippen LogP contribution in [0.15, 0.2) is 12.7 Å². The number of hydrogen-bond acceptors (Lipinski definition) is 1. The molecule has 2 unspecified atom stereocenters. The summed E-state index contributed by atoms with van der Waals surface area (Å²) in [7, 11) is 0. The summed E-state index contributed by atoms with van der Waals surface area (Å²) in [5.74, 6) is 0.402. The van der Waals surface area contributed by atoms with E-state index in [2.05, 4.69) is 6.58 Å². The van der Waals surface area contributed by atoms with Crippen molar-refractivity contribution in [2.45, 2.75) is 44.9 Å². The third-order valence-corrected chi connectivity index (χ3v) is 3.24. The van der Waals surface area contributed by atoms with Gasteiger partial charge in [-0.25, -0.2) is 0 Å². The van der Waals surface area contributed by atoms with Gasteiger partial charge in [-0.05, 0) is 31.1 Å². The van der Waals surface area contributed by atoms with Gasteiger partial charge in [-0.1, -0.05) is 25.3 Å². The number of rotatable bonds is 5. The summed E-state index contributed by atoms with van der Waals surface area (Å²) < 4.78 is 0. The van der Waals surface area contributed by atoms with Gasteiger partial charge >= 0.3 is 5.97 Å². The molecule has 1 N–H and O–H groups in total. The van der Waals surface area contributed by atoms with E-state index in [1.54, 1.807) is 0 Å². The van der Waals surface area contributed by atoms with E-state index in [0.29, 0.717) is 18.3 Å². The van der Waals surface area contributed by atoms with Gasteiger partial charge in [0.15, 0.2) is 0 Å². The fourth-order valence-electron chi connectivity index (χ4n) is 2.49. The fourth-order valence-corrected chi connectivity index (χ4v) is 2.49. The van der Waals surface area contributed by atoms with Gasteiger partial charge in [-0.3, -0.25) is 4.79 Å². The van der Waals surface area contributed by atoms with Crippen LogP contribution in [0.25, 0.3) is 0 Å². The van der Waals surface area contributed by atoms with E-state index in [1.165, 1.54) is 19.3 Å². The fraction of sp³-hybridized carbons (Fsp3) is 0.750. The number of carbonyl (C=O) groups is 1. The van der Waals surface area contributed by atoms with E-state index in [9.17, 15) is 4.79 Å². The molecule has 1 aliphatic carbocycles. The van der Waals surface area contributed by atoms with Crippen LogP contribution in [-0.4, -0.2) is 11.1 Å². The molecule has 2 atom stereocenters. The second-order valence-corrected chi connectivity index (χ2v) is 4.27. The summed E-state index contributed by atoms with van der Waals surface area (Å²) in [5, 5.41) is 8.79. The number of carboxylic acids is 1. The van der Waals surface area contributed by atoms with Crippen LogP contribution in [0.4, 0.5) is 0 Å². The van der Waals surface area contributed by atoms with Crippen LogP contribution in [-0.2, 0) is 4.79 Å². The highest BCUT2D eigenvalue weighted by atomic mass is 16.4. The highest BCUT2D eigenvalue weighted by Gasteiger charge is 2.26. The minimum absolute atomic E-state index is 0.363. The lowest BCUT2D eigenvalue weighted by Gasteiger charge is -2.30. The zero-order valence-electron chi connectivity index (χ0n) is 8.74. The molecule has 0 aromatic heterocycles. The predicted molar refractivity (Wildman–Crippen MR) is 57.1 cm³/mol. The predicted octanol–water partition coefficient (Wildman–Crippen LogP) is 3.23. The molecule has 1 fully saturated rings. The summed E-state index contributed by atoms with van der Waals surface area (Å²) in [4.78, 5) is 10.7. The summed E-state index contributed by atoms with van der Waals surface area (Å²) in [6.07, 6.45) is 9.26. The molecule has 2 heteroatoms. The van der Waals surface area contributed by atoms with Crippen LogP contribution in [0.1, 0.15) is 44.9 Å². The van der Waals surface area contributed by atoms with Crippen molar-refractivity contribution in [2.24, 2.45) is 11.8 Å². The maximum Gasteiger partial charge on any atom is 0.303 e. The van der Waals surface area contributed by atoms with Gasteiger partial charge in [-0.2, -0.15) is 0 Å². The zero-order valence-corrected chi connectivity index (χ0v) is 8.74. The molecule has 0 saturated heterocycles. The molecule has 0 aromatic rings. The van der Waals surface area contributed by atoms with Crippen molar-refractivity contribution in [1.29, 1.82) is 0 Å². The first-order valence-electron chi connectivity index (χ1n) is 5.56. The summed E-state index contributed by atoms with van der Waals surface area (Å²) in [6.45, 7) is 3.71. The summed E-state index contributed by atoms with van der Waals surface area (Å²) >= 11 is 0. The number of allylic oxidation sites excluding steroid dienone is 1. The Labute approximate surface area is 86.0 Å². The van der Waals surface area contributed by atoms with Gasteiger partial charge in [-0.15, -0.1) is 6.58 Å². The molecule has 0 bridgehead atoms. The highest BCUT2D eigenvalue weighted by molar-refractivity contribution is 5.67. The Morgan fingerprint density at radius 3 is 2.57 bits per heavy atom. The quantitative estimate of drug-likeness (QED) is 0.685. The minimum Gasteiger partial charge on any atom is -0.481 e. The maximum atomic E-state index is 10.7. The van der Waals surface area contributed by atoms with Crippen molar-refractivity contribution >= 4 is 5.97 Å². The lowest BCUT2D eigenvalue weighted by Crippen LogP contribution is -2.22. The van der Waals surface area contributed by atoms with E-state index in [0.717, 1.165) is 19.3 Å². The lowest BCUT2D eigenvalue weighted by molar-refractivity contribution is -0.138. The van der Waals surface area contributed by atoms with Crippen LogP contribution >= 0.6 is 0 Å². The Morgan fingerprint density at radius 1 is 1.36 bits per heavy atom. The molecule has 0 heterocycles. The zero-order chi connectivity index (χ0) is 10.4. The number of carboxylic acid groups (broad SMARTS) is 1. The Kier molecular flexibility index (Phi) is 4.71. The van der Waals surface area contributed by atoms with E-state index in [1.807, 2.05) is 6.08 Å². The second-order valence-electron chi connectivity index (χ2n) is 4.27. The molecule has 1 aliphatic rings. The molecule has 0 radical (unpaired) electrons. The molecule has 80 valence electrons. The van der Waals surface area contributed by atoms with Crippen molar-refractivity contribution < 1.29 is 9.90 Å². The molecule has 1 saturated carbocycles. The van der Waals surface area contributed by atoms with E-state index < -0.39 is 5.97 Å². The average Bonchev–Trinajstić information content (AvgIpc) is 2.16. The number of hydrogen-bond donors (Lipinski definition) is 1. The normalized spacial score (nSPS) is 27.1. The van der Waals surface area contributed by atoms with Crippen LogP contribution in [0.2, 0.25) is 0 Å². The monoisotopic (exact) mass is 196 g/mol. The van der Waals surface area contributed by atoms with Gasteiger partial charge in [0.2, 0.25) is 0 Å². The summed E-state index contributed by atoms with van der Waals surface area (Å²) in [6, 6.07) is 0. The van der Waals surface area contributed by atoms with E-state index in [4.69, 9.17) is 5.11 Å². The van der Waals surface area contributed by atoms with Gasteiger partial charge in [0, 0.05) is 6.42 Å². The molecule has 0 amide bonds. The van der Waals surface area contributed by atoms with E-state index in [-0.39, 0.29) is 0 Å². The first-order valence-corrected chi connectivity index (χ1v) is 5.56. The third kappa shape index (κ3) is 3.52. The lowest BCUT2D eigenvalue weighted by atomic mass is 9.75. The minimum atomic E-state index is -0.638. The topological polar surface area (TPSA) is 37.3 Å². The third-order valence-electron chi connectivity index (χ3n) is 3.24. The molecule has 0 aliphatic heterocycles. The Morgan fingerprint density at radius 2 is 2.00 bits per heavy atom. The second kappa shape index (κ2) is 5.84. The first-order chi connectivity index (χ1) is 6.74. The van der Waals surface area contributed by atoms with Gasteiger partial charge < -0.3 is 5.11 Å². The Hall–Kier alpha value is -0.790. The van der Waals surface area contributed by atoms with Crippen molar-refractivity contribution in [1.82, 2.24) is 0 Å². The average molecular weight is 196 g/mol. The van der Waals surface area contributed by atoms with Crippen LogP contribution in [0.5, 0.6) is 0 Å². The standard InChI is InChI=1S/C12H20O2/c1-2-3-6-10-7-4-5-8-11(10)9-12(13)14/h2,10-11H,1,3-9H2,(H,13,14).